The fourth-order valence-electron chi connectivity index (χ4n) is 2.88. The van der Waals surface area contributed by atoms with Crippen molar-refractivity contribution in [2.75, 3.05) is 0 Å². The van der Waals surface area contributed by atoms with Crippen LogP contribution in [-0.2, 0) is 4.79 Å². The van der Waals surface area contributed by atoms with Gasteiger partial charge in [-0.15, -0.1) is 0 Å². The van der Waals surface area contributed by atoms with E-state index in [9.17, 15) is 9.59 Å². The van der Waals surface area contributed by atoms with Gasteiger partial charge < -0.3 is 15.4 Å². The highest BCUT2D eigenvalue weighted by molar-refractivity contribution is 6.06. The summed E-state index contributed by atoms with van der Waals surface area (Å²) in [6, 6.07) is 7.37. The first-order valence-corrected chi connectivity index (χ1v) is 6.75. The molecule has 1 aromatic heterocycles. The van der Waals surface area contributed by atoms with Crippen LogP contribution in [-0.4, -0.2) is 28.0 Å². The van der Waals surface area contributed by atoms with Crippen molar-refractivity contribution in [2.45, 2.75) is 25.3 Å². The zero-order valence-corrected chi connectivity index (χ0v) is 10.9. The summed E-state index contributed by atoms with van der Waals surface area (Å²) in [7, 11) is 0. The quantitative estimate of drug-likeness (QED) is 0.800. The van der Waals surface area contributed by atoms with Gasteiger partial charge in [-0.05, 0) is 37.5 Å². The Bertz CT molecular complexity index is 662. The third-order valence-corrected chi connectivity index (χ3v) is 3.96. The van der Waals surface area contributed by atoms with Crippen molar-refractivity contribution in [2.24, 2.45) is 5.92 Å². The summed E-state index contributed by atoms with van der Waals surface area (Å²) in [6.45, 7) is 0. The van der Waals surface area contributed by atoms with Crippen molar-refractivity contribution in [1.82, 2.24) is 10.3 Å². The molecule has 0 bridgehead atoms. The fourth-order valence-corrected chi connectivity index (χ4v) is 2.88. The second-order valence-electron chi connectivity index (χ2n) is 5.26. The van der Waals surface area contributed by atoms with Crippen molar-refractivity contribution in [1.29, 1.82) is 0 Å². The molecule has 1 amide bonds. The number of aromatic nitrogens is 1. The maximum absolute atomic E-state index is 12.3. The van der Waals surface area contributed by atoms with Crippen LogP contribution < -0.4 is 5.32 Å². The molecule has 5 heteroatoms. The standard InChI is InChI=1S/C15H16N2O3/c18-14(17-10-5-4-9(8-10)15(19)20)12-2-1-3-13-11(12)6-7-16-13/h1-3,6-7,9-10,16H,4-5,8H2,(H,17,18)(H,19,20). The van der Waals surface area contributed by atoms with E-state index < -0.39 is 5.97 Å². The number of amides is 1. The van der Waals surface area contributed by atoms with Crippen LogP contribution in [0.5, 0.6) is 0 Å². The average molecular weight is 272 g/mol. The zero-order chi connectivity index (χ0) is 14.1. The number of carboxylic acid groups (broad SMARTS) is 1. The Hall–Kier alpha value is -2.30. The number of carboxylic acids is 1. The van der Waals surface area contributed by atoms with Crippen LogP contribution in [0.3, 0.4) is 0 Å². The van der Waals surface area contributed by atoms with Crippen molar-refractivity contribution >= 4 is 22.8 Å². The molecule has 1 saturated carbocycles. The Kier molecular flexibility index (Phi) is 3.18. The monoisotopic (exact) mass is 272 g/mol. The van der Waals surface area contributed by atoms with E-state index >= 15 is 0 Å². The number of H-pyrrole nitrogens is 1. The lowest BCUT2D eigenvalue weighted by atomic mass is 10.1. The van der Waals surface area contributed by atoms with E-state index in [0.717, 1.165) is 17.3 Å². The van der Waals surface area contributed by atoms with Gasteiger partial charge >= 0.3 is 5.97 Å². The largest absolute Gasteiger partial charge is 0.481 e. The molecule has 104 valence electrons. The number of aromatic amines is 1. The van der Waals surface area contributed by atoms with Gasteiger partial charge in [0.1, 0.15) is 0 Å². The molecule has 0 aliphatic heterocycles. The Balaban J connectivity index is 1.74. The lowest BCUT2D eigenvalue weighted by molar-refractivity contribution is -0.141. The second kappa shape index (κ2) is 5.00. The summed E-state index contributed by atoms with van der Waals surface area (Å²) in [6.07, 6.45) is 3.68. The first-order valence-electron chi connectivity index (χ1n) is 6.75. The molecule has 2 unspecified atom stereocenters. The van der Waals surface area contributed by atoms with E-state index in [-0.39, 0.29) is 17.9 Å². The second-order valence-corrected chi connectivity index (χ2v) is 5.26. The molecule has 1 fully saturated rings. The fraction of sp³-hybridized carbons (Fsp3) is 0.333. The van der Waals surface area contributed by atoms with E-state index in [1.54, 1.807) is 12.3 Å². The molecule has 3 rings (SSSR count). The van der Waals surface area contributed by atoms with Crippen LogP contribution in [0.1, 0.15) is 29.6 Å². The minimum atomic E-state index is -0.769. The van der Waals surface area contributed by atoms with Crippen LogP contribution in [0.4, 0.5) is 0 Å². The van der Waals surface area contributed by atoms with Crippen LogP contribution in [0.2, 0.25) is 0 Å². The maximum atomic E-state index is 12.3. The molecular formula is C15H16N2O3. The topological polar surface area (TPSA) is 82.2 Å². The van der Waals surface area contributed by atoms with Crippen molar-refractivity contribution in [3.05, 3.63) is 36.0 Å². The van der Waals surface area contributed by atoms with Gasteiger partial charge in [0.2, 0.25) is 0 Å². The van der Waals surface area contributed by atoms with Crippen LogP contribution in [0.25, 0.3) is 10.9 Å². The summed E-state index contributed by atoms with van der Waals surface area (Å²) in [5.41, 5.74) is 1.55. The van der Waals surface area contributed by atoms with Gasteiger partial charge in [-0.25, -0.2) is 0 Å². The summed E-state index contributed by atoms with van der Waals surface area (Å²) in [4.78, 5) is 26.3. The summed E-state index contributed by atoms with van der Waals surface area (Å²) in [5, 5.41) is 12.8. The molecule has 1 aromatic carbocycles. The molecule has 3 N–H and O–H groups in total. The normalized spacial score (nSPS) is 22.0. The minimum absolute atomic E-state index is 0.0437. The average Bonchev–Trinajstić information content (AvgIpc) is 3.05. The van der Waals surface area contributed by atoms with E-state index in [1.807, 2.05) is 18.2 Å². The summed E-state index contributed by atoms with van der Waals surface area (Å²) >= 11 is 0. The van der Waals surface area contributed by atoms with Crippen LogP contribution >= 0.6 is 0 Å². The SMILES string of the molecule is O=C(NC1CCC(C(=O)O)C1)c1cccc2[nH]ccc12. The third kappa shape index (κ3) is 2.27. The highest BCUT2D eigenvalue weighted by atomic mass is 16.4. The molecule has 0 radical (unpaired) electrons. The molecule has 5 nitrogen and oxygen atoms in total. The first-order chi connectivity index (χ1) is 9.65. The first kappa shape index (κ1) is 12.7. The van der Waals surface area contributed by atoms with Crippen molar-refractivity contribution in [3.63, 3.8) is 0 Å². The number of benzene rings is 1. The molecule has 0 spiro atoms. The van der Waals surface area contributed by atoms with Crippen molar-refractivity contribution < 1.29 is 14.7 Å². The van der Waals surface area contributed by atoms with E-state index in [4.69, 9.17) is 5.11 Å². The van der Waals surface area contributed by atoms with Gasteiger partial charge in [0.15, 0.2) is 0 Å². The van der Waals surface area contributed by atoms with E-state index in [2.05, 4.69) is 10.3 Å². The molecular weight excluding hydrogens is 256 g/mol. The predicted octanol–water partition coefficient (Wildman–Crippen LogP) is 2.15. The maximum Gasteiger partial charge on any atom is 0.306 e. The summed E-state index contributed by atoms with van der Waals surface area (Å²) < 4.78 is 0. The number of fused-ring (bicyclic) bond motifs is 1. The summed E-state index contributed by atoms with van der Waals surface area (Å²) in [5.74, 6) is -1.23. The molecule has 1 heterocycles. The Morgan fingerprint density at radius 3 is 2.85 bits per heavy atom. The van der Waals surface area contributed by atoms with E-state index in [0.29, 0.717) is 18.4 Å². The number of rotatable bonds is 3. The Morgan fingerprint density at radius 1 is 1.25 bits per heavy atom. The number of nitrogens with one attached hydrogen (secondary N) is 2. The number of carbonyl (C=O) groups is 2. The van der Waals surface area contributed by atoms with E-state index in [1.165, 1.54) is 0 Å². The van der Waals surface area contributed by atoms with Gasteiger partial charge in [-0.1, -0.05) is 6.07 Å². The minimum Gasteiger partial charge on any atom is -0.481 e. The molecule has 0 saturated heterocycles. The highest BCUT2D eigenvalue weighted by Crippen LogP contribution is 2.26. The smallest absolute Gasteiger partial charge is 0.306 e. The Morgan fingerprint density at radius 2 is 2.10 bits per heavy atom. The van der Waals surface area contributed by atoms with Gasteiger partial charge in [0.25, 0.3) is 5.91 Å². The number of aliphatic carboxylic acids is 1. The Labute approximate surface area is 116 Å². The van der Waals surface area contributed by atoms with Crippen LogP contribution in [0.15, 0.2) is 30.5 Å². The molecule has 1 aliphatic carbocycles. The predicted molar refractivity (Wildman–Crippen MR) is 74.5 cm³/mol. The highest BCUT2D eigenvalue weighted by Gasteiger charge is 2.30. The zero-order valence-electron chi connectivity index (χ0n) is 10.9. The number of hydrogen-bond acceptors (Lipinski definition) is 2. The molecule has 1 aliphatic rings. The van der Waals surface area contributed by atoms with Gasteiger partial charge in [-0.3, -0.25) is 9.59 Å². The molecule has 2 atom stereocenters. The van der Waals surface area contributed by atoms with Crippen LogP contribution in [0, 0.1) is 5.92 Å². The third-order valence-electron chi connectivity index (χ3n) is 3.96. The molecule has 2 aromatic rings. The van der Waals surface area contributed by atoms with Gasteiger partial charge in [-0.2, -0.15) is 0 Å². The van der Waals surface area contributed by atoms with Crippen molar-refractivity contribution in [3.8, 4) is 0 Å². The van der Waals surface area contributed by atoms with Gasteiger partial charge in [0.05, 0.1) is 5.92 Å². The molecule has 20 heavy (non-hydrogen) atoms. The number of carbonyl (C=O) groups excluding carboxylic acids is 1. The lowest BCUT2D eigenvalue weighted by Crippen LogP contribution is -2.33. The number of hydrogen-bond donors (Lipinski definition) is 3. The lowest BCUT2D eigenvalue weighted by Gasteiger charge is -2.13. The van der Waals surface area contributed by atoms with Gasteiger partial charge in [0, 0.05) is 28.7 Å².